The van der Waals surface area contributed by atoms with Crippen molar-refractivity contribution >= 4 is 23.3 Å². The van der Waals surface area contributed by atoms with E-state index in [-0.39, 0.29) is 23.0 Å². The lowest BCUT2D eigenvalue weighted by Crippen LogP contribution is -2.39. The van der Waals surface area contributed by atoms with Crippen molar-refractivity contribution in [2.45, 2.75) is 96.6 Å². The number of aromatic nitrogens is 7. The Bertz CT molecular complexity index is 3120. The second kappa shape index (κ2) is 15.0. The number of nitrogens with zero attached hydrogens (tertiary/aromatic N) is 7. The number of H-pyrrole nitrogens is 1. The normalized spacial score (nSPS) is 22.8. The molecule has 0 bridgehead atoms. The first-order valence-electron chi connectivity index (χ1n) is 22.0. The Morgan fingerprint density at radius 1 is 0.953 bits per heavy atom. The van der Waals surface area contributed by atoms with E-state index < -0.39 is 30.7 Å². The van der Waals surface area contributed by atoms with Crippen LogP contribution in [0.3, 0.4) is 0 Å². The average Bonchev–Trinajstić information content (AvgIpc) is 3.74. The average molecular weight is 889 g/mol. The number of imidazole rings is 1. The molecule has 0 radical (unpaired) electrons. The van der Waals surface area contributed by atoms with E-state index in [9.17, 15) is 19.3 Å². The molecule has 16 heteroatoms. The molecule has 3 aliphatic rings. The molecule has 14 nitrogen and oxygen atoms in total. The van der Waals surface area contributed by atoms with Crippen LogP contribution in [-0.4, -0.2) is 75.7 Å². The van der Waals surface area contributed by atoms with Gasteiger partial charge < -0.3 is 19.0 Å². The highest BCUT2D eigenvalue weighted by molar-refractivity contribution is 7.70. The van der Waals surface area contributed by atoms with E-state index >= 15 is 4.39 Å². The van der Waals surface area contributed by atoms with Crippen molar-refractivity contribution in [1.82, 2.24) is 38.5 Å². The molecular formula is C48H54FN8O6P. The number of benzene rings is 3. The summed E-state index contributed by atoms with van der Waals surface area (Å²) >= 11 is 0. The van der Waals surface area contributed by atoms with Gasteiger partial charge in [-0.3, -0.25) is 23.5 Å². The quantitative estimate of drug-likeness (QED) is 0.140. The van der Waals surface area contributed by atoms with Crippen molar-refractivity contribution in [3.8, 4) is 17.2 Å². The minimum absolute atomic E-state index is 0.0594. The van der Waals surface area contributed by atoms with Gasteiger partial charge in [-0.1, -0.05) is 18.1 Å². The van der Waals surface area contributed by atoms with Gasteiger partial charge >= 0.3 is 11.4 Å². The zero-order chi connectivity index (χ0) is 45.2. The van der Waals surface area contributed by atoms with Gasteiger partial charge in [0, 0.05) is 59.8 Å². The second-order valence-electron chi connectivity index (χ2n) is 19.2. The van der Waals surface area contributed by atoms with Crippen molar-refractivity contribution in [3.05, 3.63) is 139 Å². The van der Waals surface area contributed by atoms with Gasteiger partial charge in [-0.2, -0.15) is 5.10 Å². The largest absolute Gasteiger partial charge is 0.438 e. The molecule has 2 aliphatic heterocycles. The fourth-order valence-electron chi connectivity index (χ4n) is 10.6. The number of aliphatic hydroxyl groups excluding tert-OH is 1. The first-order valence-corrected chi connectivity index (χ1v) is 24.6. The molecule has 3 aromatic carbocycles. The molecule has 6 heterocycles. The fourth-order valence-corrected chi connectivity index (χ4v) is 11.4. The van der Waals surface area contributed by atoms with E-state index in [1.165, 1.54) is 10.1 Å². The van der Waals surface area contributed by atoms with Gasteiger partial charge in [0.25, 0.3) is 0 Å². The SMILES string of the molecule is Cc1cc(-n2nc3c(c2-n2ccn(-c4ccc(P(C)(C)=O)cc4)c2=O)[C@H](C)N(C(O)c2cc4cc(C5CCOC(C)(C)C5)ccc4n2[C@@]2(c4noc(=O)[nH]4)C[C@@H]2C)CC3)cc(C)c1F. The molecule has 1 aliphatic carbocycles. The van der Waals surface area contributed by atoms with E-state index in [1.807, 2.05) is 11.8 Å². The van der Waals surface area contributed by atoms with Gasteiger partial charge in [0.1, 0.15) is 30.5 Å². The molecule has 5 atom stereocenters. The number of halogens is 1. The van der Waals surface area contributed by atoms with Crippen molar-refractivity contribution in [3.63, 3.8) is 0 Å². The smallest absolute Gasteiger partial charge is 0.376 e. The lowest BCUT2D eigenvalue weighted by Gasteiger charge is -2.38. The number of fused-ring (bicyclic) bond motifs is 2. The van der Waals surface area contributed by atoms with Gasteiger partial charge in [0.15, 0.2) is 5.82 Å². The summed E-state index contributed by atoms with van der Waals surface area (Å²) in [6.07, 6.45) is 5.15. The molecule has 10 rings (SSSR count). The molecule has 334 valence electrons. The van der Waals surface area contributed by atoms with Gasteiger partial charge in [-0.15, -0.1) is 0 Å². The summed E-state index contributed by atoms with van der Waals surface area (Å²) in [4.78, 5) is 31.9. The Morgan fingerprint density at radius 3 is 2.30 bits per heavy atom. The van der Waals surface area contributed by atoms with Crippen molar-refractivity contribution in [2.24, 2.45) is 5.92 Å². The Kier molecular flexibility index (Phi) is 9.91. The summed E-state index contributed by atoms with van der Waals surface area (Å²) in [5.41, 5.74) is 4.98. The van der Waals surface area contributed by atoms with Crippen LogP contribution in [0.5, 0.6) is 0 Å². The van der Waals surface area contributed by atoms with Crippen LogP contribution in [-0.2, 0) is 21.3 Å². The van der Waals surface area contributed by atoms with E-state index in [4.69, 9.17) is 14.4 Å². The Balaban J connectivity index is 1.11. The lowest BCUT2D eigenvalue weighted by atomic mass is 9.83. The minimum Gasteiger partial charge on any atom is -0.376 e. The number of hydrogen-bond acceptors (Lipinski definition) is 9. The number of nitrogens with one attached hydrogen (secondary N) is 1. The third kappa shape index (κ3) is 6.81. The Labute approximate surface area is 369 Å². The number of rotatable bonds is 9. The molecule has 2 N–H and O–H groups in total. The molecule has 2 unspecified atom stereocenters. The second-order valence-corrected chi connectivity index (χ2v) is 22.4. The van der Waals surface area contributed by atoms with Crippen LogP contribution in [0.25, 0.3) is 28.1 Å². The van der Waals surface area contributed by atoms with Crippen molar-refractivity contribution in [1.29, 1.82) is 0 Å². The number of aromatic amines is 1. The summed E-state index contributed by atoms with van der Waals surface area (Å²) in [5, 5.41) is 23.9. The number of hydrogen-bond donors (Lipinski definition) is 2. The van der Waals surface area contributed by atoms with Crippen LogP contribution in [0.15, 0.2) is 87.2 Å². The molecule has 1 saturated heterocycles. The van der Waals surface area contributed by atoms with Crippen molar-refractivity contribution in [2.75, 3.05) is 26.5 Å². The molecule has 2 fully saturated rings. The predicted octanol–water partition coefficient (Wildman–Crippen LogP) is 7.52. The van der Waals surface area contributed by atoms with Crippen LogP contribution < -0.4 is 16.8 Å². The summed E-state index contributed by atoms with van der Waals surface area (Å²) in [6, 6.07) is 18.7. The van der Waals surface area contributed by atoms with E-state index in [1.54, 1.807) is 85.2 Å². The van der Waals surface area contributed by atoms with Gasteiger partial charge in [0.2, 0.25) is 0 Å². The standard InChI is InChI=1S/C48H54FN8O6P/c1-27-21-35(22-28(2)41(27)49)57-42(55-19-18-54(46(55)60)34-10-12-36(13-11-34)64(7,8)61)40-30(4)53(17-15-37(40)51-57)43(58)39-24-33-23-31(32-16-20-62-47(5,6)26-32)9-14-38(33)56(39)48(25-29(48)3)44-50-45(59)63-52-44/h9-14,18-19,21-24,29-30,32,43,58H,15-17,20,25-26H2,1-8H3,(H,50,52,59)/t29-,30-,32?,43?,48-/m0/s1. The van der Waals surface area contributed by atoms with Crippen LogP contribution in [0.4, 0.5) is 4.39 Å². The first kappa shape index (κ1) is 42.4. The highest BCUT2D eigenvalue weighted by Gasteiger charge is 2.59. The molecule has 0 spiro atoms. The van der Waals surface area contributed by atoms with Gasteiger partial charge in [0.05, 0.1) is 28.4 Å². The summed E-state index contributed by atoms with van der Waals surface area (Å²) in [6.45, 7) is 16.3. The Morgan fingerprint density at radius 2 is 1.66 bits per heavy atom. The third-order valence-corrected chi connectivity index (χ3v) is 15.6. The summed E-state index contributed by atoms with van der Waals surface area (Å²) in [7, 11) is -2.52. The number of ether oxygens (including phenoxy) is 1. The van der Waals surface area contributed by atoms with Gasteiger partial charge in [-0.25, -0.2) is 18.7 Å². The van der Waals surface area contributed by atoms with E-state index in [0.29, 0.717) is 77.1 Å². The van der Waals surface area contributed by atoms with Gasteiger partial charge in [-0.05, 0) is 150 Å². The molecule has 7 aromatic rings. The molecular weight excluding hydrogens is 835 g/mol. The number of aliphatic hydroxyl groups is 1. The molecule has 1 saturated carbocycles. The third-order valence-electron chi connectivity index (χ3n) is 14.0. The summed E-state index contributed by atoms with van der Waals surface area (Å²) in [5.74, 6) is 0.303. The maximum atomic E-state index is 15.1. The maximum Gasteiger partial charge on any atom is 0.438 e. The molecule has 0 amide bonds. The topological polar surface area (TPSA) is 158 Å². The van der Waals surface area contributed by atoms with Crippen LogP contribution in [0, 0.1) is 25.6 Å². The van der Waals surface area contributed by atoms with E-state index in [0.717, 1.165) is 35.0 Å². The van der Waals surface area contributed by atoms with Crippen LogP contribution in [0.1, 0.15) is 105 Å². The monoisotopic (exact) mass is 888 g/mol. The first-order chi connectivity index (χ1) is 30.4. The van der Waals surface area contributed by atoms with Crippen molar-refractivity contribution < 1.29 is 23.3 Å². The highest BCUT2D eigenvalue weighted by atomic mass is 31.2. The van der Waals surface area contributed by atoms with Crippen LogP contribution >= 0.6 is 7.14 Å². The Hall–Kier alpha value is -5.60. The van der Waals surface area contributed by atoms with Crippen LogP contribution in [0.2, 0.25) is 0 Å². The zero-order valence-electron chi connectivity index (χ0n) is 37.4. The zero-order valence-corrected chi connectivity index (χ0v) is 38.3. The maximum absolute atomic E-state index is 15.1. The van der Waals surface area contributed by atoms with E-state index in [2.05, 4.69) is 59.7 Å². The highest BCUT2D eigenvalue weighted by Crippen LogP contribution is 2.57. The summed E-state index contributed by atoms with van der Waals surface area (Å²) < 4.78 is 46.0. The molecule has 4 aromatic heterocycles. The minimum atomic E-state index is -2.52. The lowest BCUT2D eigenvalue weighted by molar-refractivity contribution is -0.0592. The number of aryl methyl sites for hydroxylation is 2. The fraction of sp³-hybridized carbons (Fsp3) is 0.417. The molecule has 64 heavy (non-hydrogen) atoms. The predicted molar refractivity (Wildman–Crippen MR) is 243 cm³/mol.